The van der Waals surface area contributed by atoms with Crippen molar-refractivity contribution in [3.8, 4) is 0 Å². The summed E-state index contributed by atoms with van der Waals surface area (Å²) in [5.74, 6) is 1.27. The minimum atomic E-state index is 0.0466. The molecule has 2 aliphatic heterocycles. The second kappa shape index (κ2) is 9.25. The van der Waals surface area contributed by atoms with Crippen LogP contribution in [-0.2, 0) is 4.79 Å². The van der Waals surface area contributed by atoms with Crippen LogP contribution in [0.5, 0.6) is 0 Å². The van der Waals surface area contributed by atoms with Gasteiger partial charge in [0.25, 0.3) is 0 Å². The highest BCUT2D eigenvalue weighted by Gasteiger charge is 2.25. The molecule has 0 aromatic carbocycles. The highest BCUT2D eigenvalue weighted by Crippen LogP contribution is 2.20. The van der Waals surface area contributed by atoms with Gasteiger partial charge in [0.2, 0.25) is 5.91 Å². The van der Waals surface area contributed by atoms with Gasteiger partial charge in [-0.1, -0.05) is 6.92 Å². The Morgan fingerprint density at radius 1 is 1.17 bits per heavy atom. The molecule has 2 heterocycles. The predicted octanol–water partition coefficient (Wildman–Crippen LogP) is 1.66. The van der Waals surface area contributed by atoms with Gasteiger partial charge in [-0.2, -0.15) is 0 Å². The minimum absolute atomic E-state index is 0.0466. The van der Waals surface area contributed by atoms with Crippen LogP contribution in [0.2, 0.25) is 0 Å². The lowest BCUT2D eigenvalue weighted by Crippen LogP contribution is -2.50. The Morgan fingerprint density at radius 2 is 1.88 bits per heavy atom. The van der Waals surface area contributed by atoms with Crippen LogP contribution in [0.25, 0.3) is 0 Å². The first kappa shape index (κ1) is 19.0. The first-order valence-electron chi connectivity index (χ1n) is 9.47. The van der Waals surface area contributed by atoms with Crippen LogP contribution < -0.4 is 10.6 Å². The molecular weight excluding hydrogens is 304 g/mol. The molecule has 0 radical (unpaired) electrons. The van der Waals surface area contributed by atoms with Gasteiger partial charge in [0.1, 0.15) is 0 Å². The van der Waals surface area contributed by atoms with E-state index in [4.69, 9.17) is 0 Å². The molecule has 0 aromatic rings. The number of urea groups is 1. The molecule has 0 saturated carbocycles. The predicted molar refractivity (Wildman–Crippen MR) is 95.8 cm³/mol. The Morgan fingerprint density at radius 3 is 2.50 bits per heavy atom. The van der Waals surface area contributed by atoms with Crippen molar-refractivity contribution in [1.82, 2.24) is 20.4 Å². The summed E-state index contributed by atoms with van der Waals surface area (Å²) in [4.78, 5) is 28.2. The fourth-order valence-electron chi connectivity index (χ4n) is 3.81. The normalized spacial score (nSPS) is 24.5. The number of hydrogen-bond donors (Lipinski definition) is 2. The molecule has 6 nitrogen and oxygen atoms in total. The van der Waals surface area contributed by atoms with Gasteiger partial charge in [-0.05, 0) is 51.0 Å². The lowest BCUT2D eigenvalue weighted by Gasteiger charge is -2.36. The van der Waals surface area contributed by atoms with Crippen molar-refractivity contribution in [3.63, 3.8) is 0 Å². The summed E-state index contributed by atoms with van der Waals surface area (Å²) < 4.78 is 0. The van der Waals surface area contributed by atoms with Crippen LogP contribution in [0.15, 0.2) is 0 Å². The molecule has 2 N–H and O–H groups in total. The zero-order valence-electron chi connectivity index (χ0n) is 15.5. The van der Waals surface area contributed by atoms with Gasteiger partial charge in [0.05, 0.1) is 0 Å². The molecule has 2 saturated heterocycles. The standard InChI is InChI=1S/C18H34N4O2/c1-14-5-4-8-22(13-14)15(2)12-20-18(24)21-9-6-16(7-10-21)11-17(23)19-3/h14-16H,4-13H2,1-3H3,(H,19,23)(H,20,24). The maximum atomic E-state index is 12.4. The van der Waals surface area contributed by atoms with Gasteiger partial charge in [-0.3, -0.25) is 9.69 Å². The van der Waals surface area contributed by atoms with Crippen LogP contribution in [0.1, 0.15) is 46.0 Å². The SMILES string of the molecule is CNC(=O)CC1CCN(C(=O)NCC(C)N2CCCC(C)C2)CC1. The van der Waals surface area contributed by atoms with Crippen molar-refractivity contribution in [2.45, 2.75) is 52.0 Å². The molecule has 2 unspecified atom stereocenters. The van der Waals surface area contributed by atoms with E-state index in [0.29, 0.717) is 24.9 Å². The Bertz CT molecular complexity index is 421. The van der Waals surface area contributed by atoms with E-state index in [1.807, 2.05) is 4.90 Å². The second-order valence-electron chi connectivity index (χ2n) is 7.59. The molecule has 3 amide bonds. The van der Waals surface area contributed by atoms with Crippen LogP contribution in [0.3, 0.4) is 0 Å². The Balaban J connectivity index is 1.67. The first-order chi connectivity index (χ1) is 11.5. The van der Waals surface area contributed by atoms with Crippen LogP contribution in [-0.4, -0.2) is 67.6 Å². The quantitative estimate of drug-likeness (QED) is 0.801. The molecule has 6 heteroatoms. The van der Waals surface area contributed by atoms with E-state index in [0.717, 1.165) is 44.9 Å². The van der Waals surface area contributed by atoms with Crippen LogP contribution >= 0.6 is 0 Å². The van der Waals surface area contributed by atoms with Gasteiger partial charge < -0.3 is 15.5 Å². The highest BCUT2D eigenvalue weighted by molar-refractivity contribution is 5.76. The van der Waals surface area contributed by atoms with Gasteiger partial charge in [-0.25, -0.2) is 4.79 Å². The molecule has 0 spiro atoms. The average molecular weight is 338 g/mol. The highest BCUT2D eigenvalue weighted by atomic mass is 16.2. The molecule has 0 bridgehead atoms. The third-order valence-corrected chi connectivity index (χ3v) is 5.52. The van der Waals surface area contributed by atoms with Gasteiger partial charge >= 0.3 is 6.03 Å². The van der Waals surface area contributed by atoms with Gasteiger partial charge in [0, 0.05) is 45.7 Å². The molecule has 2 rings (SSSR count). The number of carbonyl (C=O) groups excluding carboxylic acids is 2. The van der Waals surface area contributed by atoms with Crippen molar-refractivity contribution >= 4 is 11.9 Å². The summed E-state index contributed by atoms with van der Waals surface area (Å²) in [5, 5.41) is 5.77. The Hall–Kier alpha value is -1.30. The van der Waals surface area contributed by atoms with E-state index in [-0.39, 0.29) is 11.9 Å². The fraction of sp³-hybridized carbons (Fsp3) is 0.889. The number of amides is 3. The fourth-order valence-corrected chi connectivity index (χ4v) is 3.81. The third-order valence-electron chi connectivity index (χ3n) is 5.52. The number of piperidine rings is 2. The van der Waals surface area contributed by atoms with E-state index >= 15 is 0 Å². The summed E-state index contributed by atoms with van der Waals surface area (Å²) >= 11 is 0. The van der Waals surface area contributed by atoms with Crippen molar-refractivity contribution in [1.29, 1.82) is 0 Å². The van der Waals surface area contributed by atoms with E-state index in [9.17, 15) is 9.59 Å². The monoisotopic (exact) mass is 338 g/mol. The van der Waals surface area contributed by atoms with Gasteiger partial charge in [0.15, 0.2) is 0 Å². The number of nitrogens with zero attached hydrogens (tertiary/aromatic N) is 2. The topological polar surface area (TPSA) is 64.7 Å². The van der Waals surface area contributed by atoms with Crippen LogP contribution in [0.4, 0.5) is 4.79 Å². The molecule has 0 aliphatic carbocycles. The van der Waals surface area contributed by atoms with Crippen molar-refractivity contribution in [2.75, 3.05) is 39.8 Å². The Labute approximate surface area is 146 Å². The van der Waals surface area contributed by atoms with Crippen molar-refractivity contribution < 1.29 is 9.59 Å². The second-order valence-corrected chi connectivity index (χ2v) is 7.59. The molecule has 2 fully saturated rings. The molecule has 2 atom stereocenters. The van der Waals surface area contributed by atoms with Crippen molar-refractivity contribution in [2.24, 2.45) is 11.8 Å². The maximum absolute atomic E-state index is 12.4. The third kappa shape index (κ3) is 5.65. The summed E-state index contributed by atoms with van der Waals surface area (Å²) in [6, 6.07) is 0.438. The number of hydrogen-bond acceptors (Lipinski definition) is 3. The largest absolute Gasteiger partial charge is 0.359 e. The zero-order valence-corrected chi connectivity index (χ0v) is 15.5. The molecule has 0 aromatic heterocycles. The van der Waals surface area contributed by atoms with E-state index in [1.54, 1.807) is 7.05 Å². The smallest absolute Gasteiger partial charge is 0.317 e. The summed E-state index contributed by atoms with van der Waals surface area (Å²) in [5.41, 5.74) is 0. The van der Waals surface area contributed by atoms with Crippen molar-refractivity contribution in [3.05, 3.63) is 0 Å². The molecule has 24 heavy (non-hydrogen) atoms. The zero-order chi connectivity index (χ0) is 17.5. The number of nitrogens with one attached hydrogen (secondary N) is 2. The summed E-state index contributed by atoms with van der Waals surface area (Å²) in [6.07, 6.45) is 5.00. The number of rotatable bonds is 5. The molecular formula is C18H34N4O2. The number of likely N-dealkylation sites (tertiary alicyclic amines) is 2. The first-order valence-corrected chi connectivity index (χ1v) is 9.47. The average Bonchev–Trinajstić information content (AvgIpc) is 2.59. The summed E-state index contributed by atoms with van der Waals surface area (Å²) in [6.45, 7) is 9.01. The molecule has 138 valence electrons. The summed E-state index contributed by atoms with van der Waals surface area (Å²) in [7, 11) is 1.68. The lowest BCUT2D eigenvalue weighted by atomic mass is 9.93. The Kier molecular flexibility index (Phi) is 7.34. The van der Waals surface area contributed by atoms with Crippen LogP contribution in [0, 0.1) is 11.8 Å². The van der Waals surface area contributed by atoms with Gasteiger partial charge in [-0.15, -0.1) is 0 Å². The van der Waals surface area contributed by atoms with E-state index in [1.165, 1.54) is 12.8 Å². The molecule has 2 aliphatic rings. The van der Waals surface area contributed by atoms with E-state index in [2.05, 4.69) is 29.4 Å². The number of carbonyl (C=O) groups is 2. The van der Waals surface area contributed by atoms with E-state index < -0.39 is 0 Å². The lowest BCUT2D eigenvalue weighted by molar-refractivity contribution is -0.121. The minimum Gasteiger partial charge on any atom is -0.359 e. The maximum Gasteiger partial charge on any atom is 0.317 e.